The molecule has 0 aliphatic carbocycles. The van der Waals surface area contributed by atoms with E-state index in [0.29, 0.717) is 13.0 Å². The van der Waals surface area contributed by atoms with Gasteiger partial charge in [-0.2, -0.15) is 0 Å². The van der Waals surface area contributed by atoms with Gasteiger partial charge in [-0.25, -0.2) is 4.79 Å². The van der Waals surface area contributed by atoms with Crippen LogP contribution in [0.5, 0.6) is 0 Å². The summed E-state index contributed by atoms with van der Waals surface area (Å²) < 4.78 is 0. The zero-order valence-corrected chi connectivity index (χ0v) is 14.8. The van der Waals surface area contributed by atoms with Crippen LogP contribution in [0.3, 0.4) is 0 Å². The van der Waals surface area contributed by atoms with Gasteiger partial charge < -0.3 is 15.5 Å². The molecule has 1 aliphatic rings. The first-order valence-electron chi connectivity index (χ1n) is 8.45. The fourth-order valence-corrected chi connectivity index (χ4v) is 3.13. The molecule has 0 saturated carbocycles. The van der Waals surface area contributed by atoms with Crippen LogP contribution in [0, 0.1) is 20.8 Å². The van der Waals surface area contributed by atoms with E-state index in [1.54, 1.807) is 4.90 Å². The number of hydrogen-bond acceptors (Lipinski definition) is 2. The predicted octanol–water partition coefficient (Wildman–Crippen LogP) is 3.54. The van der Waals surface area contributed by atoms with Crippen LogP contribution < -0.4 is 15.5 Å². The molecule has 1 aliphatic heterocycles. The van der Waals surface area contributed by atoms with Crippen molar-refractivity contribution in [2.24, 2.45) is 0 Å². The van der Waals surface area contributed by atoms with E-state index in [1.807, 2.05) is 63.2 Å². The highest BCUT2D eigenvalue weighted by molar-refractivity contribution is 5.98. The lowest BCUT2D eigenvalue weighted by atomic mass is 10.1. The van der Waals surface area contributed by atoms with Gasteiger partial charge in [0.1, 0.15) is 0 Å². The Balaban J connectivity index is 1.63. The molecule has 130 valence electrons. The fraction of sp³-hybridized carbons (Fsp3) is 0.300. The SMILES string of the molecule is Cc1ccc(N2C[C@@H](NC(=O)Nc3c(C)cccc3C)CC2=O)cc1. The zero-order chi connectivity index (χ0) is 18.0. The molecule has 5 nitrogen and oxygen atoms in total. The summed E-state index contributed by atoms with van der Waals surface area (Å²) in [7, 11) is 0. The van der Waals surface area contributed by atoms with Gasteiger partial charge in [0.25, 0.3) is 0 Å². The van der Waals surface area contributed by atoms with Gasteiger partial charge in [-0.15, -0.1) is 0 Å². The Morgan fingerprint density at radius 2 is 1.68 bits per heavy atom. The summed E-state index contributed by atoms with van der Waals surface area (Å²) in [4.78, 5) is 26.3. The maximum atomic E-state index is 12.3. The number of rotatable bonds is 3. The summed E-state index contributed by atoms with van der Waals surface area (Å²) in [6, 6.07) is 13.2. The highest BCUT2D eigenvalue weighted by atomic mass is 16.2. The Morgan fingerprint density at radius 1 is 1.04 bits per heavy atom. The number of benzene rings is 2. The highest BCUT2D eigenvalue weighted by Gasteiger charge is 2.31. The molecule has 2 aromatic carbocycles. The average Bonchev–Trinajstić information content (AvgIpc) is 2.92. The molecule has 2 aromatic rings. The molecule has 1 atom stereocenters. The van der Waals surface area contributed by atoms with E-state index < -0.39 is 0 Å². The predicted molar refractivity (Wildman–Crippen MR) is 100 cm³/mol. The van der Waals surface area contributed by atoms with Crippen LogP contribution in [0.25, 0.3) is 0 Å². The monoisotopic (exact) mass is 337 g/mol. The molecular weight excluding hydrogens is 314 g/mol. The van der Waals surface area contributed by atoms with Crippen molar-refractivity contribution in [2.75, 3.05) is 16.8 Å². The lowest BCUT2D eigenvalue weighted by Gasteiger charge is -2.18. The van der Waals surface area contributed by atoms with Crippen LogP contribution in [0.4, 0.5) is 16.2 Å². The first-order chi connectivity index (χ1) is 11.9. The van der Waals surface area contributed by atoms with Crippen molar-refractivity contribution in [1.82, 2.24) is 5.32 Å². The van der Waals surface area contributed by atoms with Gasteiger partial charge >= 0.3 is 6.03 Å². The summed E-state index contributed by atoms with van der Waals surface area (Å²) in [6.45, 7) is 6.42. The highest BCUT2D eigenvalue weighted by Crippen LogP contribution is 2.23. The minimum Gasteiger partial charge on any atom is -0.333 e. The van der Waals surface area contributed by atoms with Crippen LogP contribution in [0.2, 0.25) is 0 Å². The van der Waals surface area contributed by atoms with Gasteiger partial charge in [0.05, 0.1) is 6.04 Å². The number of hydrogen-bond donors (Lipinski definition) is 2. The van der Waals surface area contributed by atoms with Gasteiger partial charge in [0, 0.05) is 24.3 Å². The van der Waals surface area contributed by atoms with Crippen molar-refractivity contribution in [1.29, 1.82) is 0 Å². The minimum atomic E-state index is -0.277. The van der Waals surface area contributed by atoms with Crippen LogP contribution >= 0.6 is 0 Å². The van der Waals surface area contributed by atoms with Crippen molar-refractivity contribution in [2.45, 2.75) is 33.2 Å². The minimum absolute atomic E-state index is 0.0289. The largest absolute Gasteiger partial charge is 0.333 e. The maximum absolute atomic E-state index is 12.3. The Morgan fingerprint density at radius 3 is 2.32 bits per heavy atom. The number of amides is 3. The van der Waals surface area contributed by atoms with E-state index in [0.717, 1.165) is 28.1 Å². The van der Waals surface area contributed by atoms with E-state index in [2.05, 4.69) is 10.6 Å². The normalized spacial score (nSPS) is 16.8. The molecular formula is C20H23N3O2. The Hall–Kier alpha value is -2.82. The Labute approximate surface area is 148 Å². The van der Waals surface area contributed by atoms with Crippen molar-refractivity contribution in [3.05, 3.63) is 59.2 Å². The Bertz CT molecular complexity index is 779. The molecule has 5 heteroatoms. The first-order valence-corrected chi connectivity index (χ1v) is 8.45. The van der Waals surface area contributed by atoms with Crippen molar-refractivity contribution < 1.29 is 9.59 Å². The van der Waals surface area contributed by atoms with E-state index in [-0.39, 0.29) is 18.0 Å². The molecule has 0 unspecified atom stereocenters. The second-order valence-electron chi connectivity index (χ2n) is 6.61. The third-order valence-corrected chi connectivity index (χ3v) is 4.53. The van der Waals surface area contributed by atoms with E-state index in [4.69, 9.17) is 0 Å². The van der Waals surface area contributed by atoms with Crippen molar-refractivity contribution >= 4 is 23.3 Å². The summed E-state index contributed by atoms with van der Waals surface area (Å²) in [5.74, 6) is 0.0289. The number of nitrogens with one attached hydrogen (secondary N) is 2. The van der Waals surface area contributed by atoms with Gasteiger partial charge in [-0.05, 0) is 44.0 Å². The second kappa shape index (κ2) is 6.97. The number of aryl methyl sites for hydroxylation is 3. The smallest absolute Gasteiger partial charge is 0.319 e. The quantitative estimate of drug-likeness (QED) is 0.900. The van der Waals surface area contributed by atoms with Gasteiger partial charge in [-0.1, -0.05) is 35.9 Å². The number of para-hydroxylation sites is 1. The summed E-state index contributed by atoms with van der Waals surface area (Å²) in [6.07, 6.45) is 0.314. The van der Waals surface area contributed by atoms with Crippen LogP contribution in [0.1, 0.15) is 23.1 Å². The third-order valence-electron chi connectivity index (χ3n) is 4.53. The van der Waals surface area contributed by atoms with Crippen LogP contribution in [-0.4, -0.2) is 24.5 Å². The molecule has 0 aromatic heterocycles. The molecule has 3 amide bonds. The van der Waals surface area contributed by atoms with Gasteiger partial charge in [-0.3, -0.25) is 4.79 Å². The Kier molecular flexibility index (Phi) is 4.74. The van der Waals surface area contributed by atoms with Gasteiger partial charge in [0.15, 0.2) is 0 Å². The van der Waals surface area contributed by atoms with Gasteiger partial charge in [0.2, 0.25) is 5.91 Å². The molecule has 25 heavy (non-hydrogen) atoms. The molecule has 1 fully saturated rings. The average molecular weight is 337 g/mol. The van der Waals surface area contributed by atoms with Crippen LogP contribution in [0.15, 0.2) is 42.5 Å². The third kappa shape index (κ3) is 3.82. The molecule has 2 N–H and O–H groups in total. The summed E-state index contributed by atoms with van der Waals surface area (Å²) in [5.41, 5.74) is 4.87. The van der Waals surface area contributed by atoms with E-state index in [1.165, 1.54) is 0 Å². The molecule has 0 radical (unpaired) electrons. The van der Waals surface area contributed by atoms with Crippen LogP contribution in [-0.2, 0) is 4.79 Å². The number of nitrogens with zero attached hydrogens (tertiary/aromatic N) is 1. The number of anilines is 2. The fourth-order valence-electron chi connectivity index (χ4n) is 3.13. The maximum Gasteiger partial charge on any atom is 0.319 e. The van der Waals surface area contributed by atoms with Crippen molar-refractivity contribution in [3.8, 4) is 0 Å². The molecule has 1 saturated heterocycles. The zero-order valence-electron chi connectivity index (χ0n) is 14.8. The molecule has 0 bridgehead atoms. The van der Waals surface area contributed by atoms with E-state index >= 15 is 0 Å². The van der Waals surface area contributed by atoms with Crippen molar-refractivity contribution in [3.63, 3.8) is 0 Å². The standard InChI is InChI=1S/C20H23N3O2/c1-13-7-9-17(10-8-13)23-12-16(11-18(23)24)21-20(25)22-19-14(2)5-4-6-15(19)3/h4-10,16H,11-12H2,1-3H3,(H2,21,22,25)/t16-/m0/s1. The molecule has 3 rings (SSSR count). The lowest BCUT2D eigenvalue weighted by Crippen LogP contribution is -2.40. The molecule has 0 spiro atoms. The number of carbonyl (C=O) groups is 2. The van der Waals surface area contributed by atoms with E-state index in [9.17, 15) is 9.59 Å². The number of carbonyl (C=O) groups excluding carboxylic acids is 2. The second-order valence-corrected chi connectivity index (χ2v) is 6.61. The topological polar surface area (TPSA) is 61.4 Å². The summed E-state index contributed by atoms with van der Waals surface area (Å²) in [5, 5.41) is 5.81. The first kappa shape index (κ1) is 17.0. The lowest BCUT2D eigenvalue weighted by molar-refractivity contribution is -0.117. The molecule has 1 heterocycles. The number of urea groups is 1. The summed E-state index contributed by atoms with van der Waals surface area (Å²) >= 11 is 0.